The second kappa shape index (κ2) is 9.34. The summed E-state index contributed by atoms with van der Waals surface area (Å²) in [5.41, 5.74) is -0.0770. The Morgan fingerprint density at radius 3 is 2.40 bits per heavy atom. The quantitative estimate of drug-likeness (QED) is 0.622. The van der Waals surface area contributed by atoms with Crippen molar-refractivity contribution in [1.29, 1.82) is 0 Å². The van der Waals surface area contributed by atoms with Crippen LogP contribution in [0, 0.1) is 11.8 Å². The molecule has 0 unspecified atom stereocenters. The minimum atomic E-state index is -4.58. The average molecular weight is 458 g/mol. The molecule has 10 heteroatoms. The zero-order chi connectivity index (χ0) is 21.9. The number of halogens is 4. The van der Waals surface area contributed by atoms with Gasteiger partial charge in [0.15, 0.2) is 10.8 Å². The van der Waals surface area contributed by atoms with Crippen LogP contribution in [-0.2, 0) is 12.7 Å². The predicted molar refractivity (Wildman–Crippen MR) is 117 cm³/mol. The van der Waals surface area contributed by atoms with E-state index in [1.165, 1.54) is 0 Å². The summed E-state index contributed by atoms with van der Waals surface area (Å²) < 4.78 is 40.2. The molecule has 2 N–H and O–H groups in total. The topological polar surface area (TPSA) is 53.1 Å². The molecular formula is C20H23ClF3N5S. The largest absolute Gasteiger partial charge is 0.433 e. The van der Waals surface area contributed by atoms with Crippen molar-refractivity contribution in [2.45, 2.75) is 33.0 Å². The van der Waals surface area contributed by atoms with E-state index in [9.17, 15) is 13.2 Å². The molecule has 0 bridgehead atoms. The van der Waals surface area contributed by atoms with E-state index in [4.69, 9.17) is 23.8 Å². The molecule has 0 aliphatic carbocycles. The second-order valence-corrected chi connectivity index (χ2v) is 8.56. The summed E-state index contributed by atoms with van der Waals surface area (Å²) in [5.74, 6) is 0.811. The molecule has 0 amide bonds. The molecule has 5 nitrogen and oxygen atoms in total. The van der Waals surface area contributed by atoms with E-state index in [1.807, 2.05) is 17.0 Å². The predicted octanol–water partition coefficient (Wildman–Crippen LogP) is 5.12. The third-order valence-electron chi connectivity index (χ3n) is 4.79. The van der Waals surface area contributed by atoms with Gasteiger partial charge in [0.05, 0.1) is 0 Å². The highest BCUT2D eigenvalue weighted by Crippen LogP contribution is 2.32. The summed E-state index contributed by atoms with van der Waals surface area (Å²) >= 11 is 11.1. The summed E-state index contributed by atoms with van der Waals surface area (Å²) in [7, 11) is 0. The number of benzene rings is 1. The van der Waals surface area contributed by atoms with Crippen molar-refractivity contribution in [3.63, 3.8) is 0 Å². The number of anilines is 2. The molecule has 30 heavy (non-hydrogen) atoms. The third kappa shape index (κ3) is 6.18. The zero-order valence-corrected chi connectivity index (χ0v) is 18.2. The van der Waals surface area contributed by atoms with E-state index in [1.54, 1.807) is 12.1 Å². The number of hydrogen-bond acceptors (Lipinski definition) is 4. The molecule has 1 aliphatic heterocycles. The number of nitrogens with zero attached hydrogens (tertiary/aromatic N) is 3. The van der Waals surface area contributed by atoms with Gasteiger partial charge in [0.2, 0.25) is 5.95 Å². The van der Waals surface area contributed by atoms with Gasteiger partial charge >= 0.3 is 6.18 Å². The van der Waals surface area contributed by atoms with Gasteiger partial charge in [-0.05, 0) is 48.2 Å². The Morgan fingerprint density at radius 1 is 1.17 bits per heavy atom. The first-order chi connectivity index (χ1) is 14.1. The summed E-state index contributed by atoms with van der Waals surface area (Å²) in [6.07, 6.45) is -3.54. The van der Waals surface area contributed by atoms with Crippen molar-refractivity contribution in [3.8, 4) is 0 Å². The molecule has 0 radical (unpaired) electrons. The lowest BCUT2D eigenvalue weighted by molar-refractivity contribution is -0.141. The van der Waals surface area contributed by atoms with E-state index in [0.717, 1.165) is 18.1 Å². The zero-order valence-electron chi connectivity index (χ0n) is 16.6. The van der Waals surface area contributed by atoms with Crippen LogP contribution in [-0.4, -0.2) is 28.2 Å². The van der Waals surface area contributed by atoms with Gasteiger partial charge in [0, 0.05) is 30.7 Å². The van der Waals surface area contributed by atoms with Gasteiger partial charge in [-0.25, -0.2) is 4.98 Å². The minimum absolute atomic E-state index is 0.135. The molecule has 2 aromatic rings. The van der Waals surface area contributed by atoms with Gasteiger partial charge in [0.1, 0.15) is 5.82 Å². The molecule has 0 saturated carbocycles. The van der Waals surface area contributed by atoms with Crippen LogP contribution in [0.2, 0.25) is 5.02 Å². The summed E-state index contributed by atoms with van der Waals surface area (Å²) in [5, 5.41) is 6.38. The number of nitrogens with one attached hydrogen (secondary N) is 2. The van der Waals surface area contributed by atoms with Gasteiger partial charge in [-0.3, -0.25) is 0 Å². The standard InChI is InChI=1S/C20H23ClF3N5S/c1-12-7-13(2)11-29(10-12)17-8-16(20(22,23)24)26-18(27-17)28-19(30)25-9-14-3-5-15(21)6-4-14/h3-6,8,12-13H,7,9-11H2,1-2H3,(H2,25,26,27,28,30)/t12-,13-/m0/s1. The molecule has 3 rings (SSSR count). The number of thiocarbonyl (C=S) groups is 1. The van der Waals surface area contributed by atoms with Crippen molar-refractivity contribution >= 4 is 40.7 Å². The lowest BCUT2D eigenvalue weighted by atomic mass is 9.92. The van der Waals surface area contributed by atoms with Crippen LogP contribution in [0.4, 0.5) is 24.9 Å². The number of alkyl halides is 3. The van der Waals surface area contributed by atoms with E-state index in [-0.39, 0.29) is 16.9 Å². The second-order valence-electron chi connectivity index (χ2n) is 7.72. The molecule has 2 atom stereocenters. The fourth-order valence-corrected chi connectivity index (χ4v) is 3.87. The molecular weight excluding hydrogens is 435 g/mol. The van der Waals surface area contributed by atoms with Crippen LogP contribution in [0.1, 0.15) is 31.5 Å². The first-order valence-corrected chi connectivity index (χ1v) is 10.4. The fourth-order valence-electron chi connectivity index (χ4n) is 3.58. The fraction of sp³-hybridized carbons (Fsp3) is 0.450. The van der Waals surface area contributed by atoms with Gasteiger partial charge in [0.25, 0.3) is 0 Å². The highest BCUT2D eigenvalue weighted by atomic mass is 35.5. The summed E-state index contributed by atoms with van der Waals surface area (Å²) in [6.45, 7) is 5.86. The highest BCUT2D eigenvalue weighted by Gasteiger charge is 2.35. The van der Waals surface area contributed by atoms with Crippen molar-refractivity contribution in [2.75, 3.05) is 23.3 Å². The minimum Gasteiger partial charge on any atom is -0.358 e. The van der Waals surface area contributed by atoms with Gasteiger partial charge in [-0.1, -0.05) is 37.6 Å². The van der Waals surface area contributed by atoms with Crippen LogP contribution in [0.5, 0.6) is 0 Å². The Labute approximate surface area is 184 Å². The van der Waals surface area contributed by atoms with Crippen LogP contribution >= 0.6 is 23.8 Å². The van der Waals surface area contributed by atoms with E-state index in [2.05, 4.69) is 34.4 Å². The maximum atomic E-state index is 13.4. The first-order valence-electron chi connectivity index (χ1n) is 9.60. The number of hydrogen-bond donors (Lipinski definition) is 2. The monoisotopic (exact) mass is 457 g/mol. The van der Waals surface area contributed by atoms with Gasteiger partial charge in [-0.2, -0.15) is 18.2 Å². The van der Waals surface area contributed by atoms with Crippen LogP contribution in [0.25, 0.3) is 0 Å². The maximum Gasteiger partial charge on any atom is 0.433 e. The summed E-state index contributed by atoms with van der Waals surface area (Å²) in [4.78, 5) is 9.81. The van der Waals surface area contributed by atoms with Gasteiger partial charge in [-0.15, -0.1) is 0 Å². The molecule has 162 valence electrons. The Balaban J connectivity index is 1.75. The van der Waals surface area contributed by atoms with Crippen molar-refractivity contribution in [2.24, 2.45) is 11.8 Å². The Morgan fingerprint density at radius 2 is 1.80 bits per heavy atom. The SMILES string of the molecule is C[C@H]1C[C@H](C)CN(c2cc(C(F)(F)F)nc(NC(=S)NCc3ccc(Cl)cc3)n2)C1. The molecule has 1 aromatic heterocycles. The number of rotatable bonds is 4. The van der Waals surface area contributed by atoms with Crippen molar-refractivity contribution in [1.82, 2.24) is 15.3 Å². The van der Waals surface area contributed by atoms with E-state index < -0.39 is 11.9 Å². The smallest absolute Gasteiger partial charge is 0.358 e. The summed E-state index contributed by atoms with van der Waals surface area (Å²) in [6, 6.07) is 8.15. The van der Waals surface area contributed by atoms with Crippen LogP contribution in [0.15, 0.2) is 30.3 Å². The first kappa shape index (κ1) is 22.6. The Bertz CT molecular complexity index is 881. The average Bonchev–Trinajstić information content (AvgIpc) is 2.66. The Hall–Kier alpha value is -2.13. The third-order valence-corrected chi connectivity index (χ3v) is 5.29. The maximum absolute atomic E-state index is 13.4. The lowest BCUT2D eigenvalue weighted by Gasteiger charge is -2.36. The molecule has 0 spiro atoms. The van der Waals surface area contributed by atoms with Crippen LogP contribution < -0.4 is 15.5 Å². The molecule has 1 fully saturated rings. The Kier molecular flexibility index (Phi) is 7.02. The lowest BCUT2D eigenvalue weighted by Crippen LogP contribution is -2.39. The van der Waals surface area contributed by atoms with Crippen molar-refractivity contribution < 1.29 is 13.2 Å². The van der Waals surface area contributed by atoms with Gasteiger partial charge < -0.3 is 15.5 Å². The normalized spacial score (nSPS) is 19.5. The highest BCUT2D eigenvalue weighted by molar-refractivity contribution is 7.80. The molecule has 1 aromatic carbocycles. The molecule has 1 saturated heterocycles. The van der Waals surface area contributed by atoms with Crippen LogP contribution in [0.3, 0.4) is 0 Å². The molecule has 1 aliphatic rings. The van der Waals surface area contributed by atoms with E-state index in [0.29, 0.717) is 36.5 Å². The number of piperidine rings is 1. The number of aromatic nitrogens is 2. The molecule has 2 heterocycles. The van der Waals surface area contributed by atoms with Crippen molar-refractivity contribution in [3.05, 3.63) is 46.6 Å². The van der Waals surface area contributed by atoms with E-state index >= 15 is 0 Å².